The van der Waals surface area contributed by atoms with Crippen molar-refractivity contribution in [3.05, 3.63) is 24.3 Å². The molecule has 0 radical (unpaired) electrons. The van der Waals surface area contributed by atoms with Gasteiger partial charge in [0.15, 0.2) is 6.61 Å². The average molecular weight is 264 g/mol. The monoisotopic (exact) mass is 264 g/mol. The largest absolute Gasteiger partial charge is 0.488 e. The predicted molar refractivity (Wildman–Crippen MR) is 54.6 cm³/mol. The smallest absolute Gasteiger partial charge is 0.482 e. The molecule has 0 saturated heterocycles. The highest BCUT2D eigenvalue weighted by Crippen LogP contribution is 2.19. The van der Waals surface area contributed by atoms with E-state index in [1.165, 1.54) is 31.4 Å². The third kappa shape index (κ3) is 5.16. The summed E-state index contributed by atoms with van der Waals surface area (Å²) in [6.07, 6.45) is 0. The van der Waals surface area contributed by atoms with Gasteiger partial charge in [0.1, 0.15) is 11.5 Å². The molecule has 6 nitrogen and oxygen atoms in total. The van der Waals surface area contributed by atoms with E-state index >= 15 is 0 Å². The van der Waals surface area contributed by atoms with Gasteiger partial charge in [-0.25, -0.2) is 4.79 Å². The van der Waals surface area contributed by atoms with E-state index in [-0.39, 0.29) is 12.4 Å². The Hall–Kier alpha value is -1.83. The number of halogens is 1. The van der Waals surface area contributed by atoms with Crippen LogP contribution in [-0.2, 0) is 20.0 Å². The van der Waals surface area contributed by atoms with E-state index in [2.05, 4.69) is 8.92 Å². The van der Waals surface area contributed by atoms with Gasteiger partial charge in [0, 0.05) is 0 Å². The lowest BCUT2D eigenvalue weighted by atomic mass is 10.3. The van der Waals surface area contributed by atoms with Crippen LogP contribution in [0.2, 0.25) is 0 Å². The van der Waals surface area contributed by atoms with Crippen LogP contribution in [0.5, 0.6) is 11.5 Å². The van der Waals surface area contributed by atoms with Crippen molar-refractivity contribution in [2.24, 2.45) is 0 Å². The molecule has 0 N–H and O–H groups in total. The topological polar surface area (TPSA) is 78.9 Å². The summed E-state index contributed by atoms with van der Waals surface area (Å²) in [4.78, 5) is 10.7. The molecule has 0 aliphatic heterocycles. The third-order valence-electron chi connectivity index (χ3n) is 1.60. The van der Waals surface area contributed by atoms with E-state index < -0.39 is 16.5 Å². The molecule has 94 valence electrons. The fourth-order valence-corrected chi connectivity index (χ4v) is 1.25. The van der Waals surface area contributed by atoms with Crippen LogP contribution in [0.15, 0.2) is 24.3 Å². The number of benzene rings is 1. The molecule has 0 unspecified atom stereocenters. The molecule has 0 aliphatic carbocycles. The molecular formula is C9H9FO6S. The summed E-state index contributed by atoms with van der Waals surface area (Å²) in [5.74, 6) is -0.464. The van der Waals surface area contributed by atoms with Gasteiger partial charge in [-0.15, -0.1) is 0 Å². The van der Waals surface area contributed by atoms with Crippen LogP contribution in [0.1, 0.15) is 0 Å². The molecule has 1 aromatic rings. The van der Waals surface area contributed by atoms with Gasteiger partial charge in [0.2, 0.25) is 0 Å². The van der Waals surface area contributed by atoms with Crippen LogP contribution in [0, 0.1) is 0 Å². The number of methoxy groups -OCH3 is 1. The maximum Gasteiger partial charge on any atom is 0.488 e. The van der Waals surface area contributed by atoms with Gasteiger partial charge in [-0.05, 0) is 24.3 Å². The van der Waals surface area contributed by atoms with E-state index in [0.717, 1.165) is 0 Å². The fraction of sp³-hybridized carbons (Fsp3) is 0.222. The Morgan fingerprint density at radius 1 is 1.24 bits per heavy atom. The summed E-state index contributed by atoms with van der Waals surface area (Å²) >= 11 is 0. The van der Waals surface area contributed by atoms with Gasteiger partial charge < -0.3 is 13.7 Å². The summed E-state index contributed by atoms with van der Waals surface area (Å²) in [5.41, 5.74) is 0. The van der Waals surface area contributed by atoms with Crippen molar-refractivity contribution >= 4 is 16.5 Å². The van der Waals surface area contributed by atoms with Gasteiger partial charge in [-0.3, -0.25) is 0 Å². The van der Waals surface area contributed by atoms with Gasteiger partial charge in [-0.1, -0.05) is 3.89 Å². The molecule has 1 rings (SSSR count). The van der Waals surface area contributed by atoms with Gasteiger partial charge in [-0.2, -0.15) is 8.42 Å². The molecule has 17 heavy (non-hydrogen) atoms. The summed E-state index contributed by atoms with van der Waals surface area (Å²) in [6.45, 7) is -0.280. The Labute approximate surface area is 97.3 Å². The Kier molecular flexibility index (Phi) is 4.27. The average Bonchev–Trinajstić information content (AvgIpc) is 2.25. The molecule has 0 bridgehead atoms. The minimum absolute atomic E-state index is 0.196. The van der Waals surface area contributed by atoms with Crippen molar-refractivity contribution in [3.63, 3.8) is 0 Å². The molecule has 0 heterocycles. The molecule has 0 amide bonds. The van der Waals surface area contributed by atoms with Crippen LogP contribution in [-0.4, -0.2) is 28.1 Å². The normalized spacial score (nSPS) is 10.7. The Bertz CT molecular complexity index is 481. The standard InChI is InChI=1S/C9H9FO6S/c1-14-9(11)6-15-7-2-4-8(5-3-7)16-17(10,12)13/h2-5H,6H2,1H3. The van der Waals surface area contributed by atoms with E-state index in [0.29, 0.717) is 5.75 Å². The molecule has 0 fully saturated rings. The lowest BCUT2D eigenvalue weighted by molar-refractivity contribution is -0.142. The third-order valence-corrected chi connectivity index (χ3v) is 2.00. The second kappa shape index (κ2) is 5.48. The zero-order valence-corrected chi connectivity index (χ0v) is 9.57. The first kappa shape index (κ1) is 13.2. The highest BCUT2D eigenvalue weighted by atomic mass is 32.3. The van der Waals surface area contributed by atoms with Crippen LogP contribution in [0.25, 0.3) is 0 Å². The van der Waals surface area contributed by atoms with E-state index in [1.807, 2.05) is 0 Å². The first-order valence-electron chi connectivity index (χ1n) is 4.34. The SMILES string of the molecule is COC(=O)COc1ccc(OS(=O)(=O)F)cc1. The zero-order valence-electron chi connectivity index (χ0n) is 8.75. The molecule has 0 saturated carbocycles. The highest BCUT2D eigenvalue weighted by Gasteiger charge is 2.09. The van der Waals surface area contributed by atoms with Crippen molar-refractivity contribution in [1.82, 2.24) is 0 Å². The second-order valence-corrected chi connectivity index (χ2v) is 3.77. The molecule has 0 spiro atoms. The Morgan fingerprint density at radius 2 is 1.76 bits per heavy atom. The predicted octanol–water partition coefficient (Wildman–Crippen LogP) is 0.831. The first-order chi connectivity index (χ1) is 7.90. The van der Waals surface area contributed by atoms with Crippen molar-refractivity contribution in [3.8, 4) is 11.5 Å². The first-order valence-corrected chi connectivity index (χ1v) is 5.65. The van der Waals surface area contributed by atoms with E-state index in [4.69, 9.17) is 4.74 Å². The quantitative estimate of drug-likeness (QED) is 0.579. The minimum atomic E-state index is -5.03. The van der Waals surface area contributed by atoms with Crippen molar-refractivity contribution in [2.45, 2.75) is 0 Å². The summed E-state index contributed by atoms with van der Waals surface area (Å²) in [5, 5.41) is 0. The maximum atomic E-state index is 12.1. The number of esters is 1. The maximum absolute atomic E-state index is 12.1. The number of carbonyl (C=O) groups excluding carboxylic acids is 1. The van der Waals surface area contributed by atoms with E-state index in [1.54, 1.807) is 0 Å². The van der Waals surface area contributed by atoms with Crippen molar-refractivity contribution < 1.29 is 30.8 Å². The minimum Gasteiger partial charge on any atom is -0.482 e. The summed E-state index contributed by atoms with van der Waals surface area (Å²) in [6, 6.07) is 5.01. The molecule has 0 aromatic heterocycles. The van der Waals surface area contributed by atoms with Gasteiger partial charge in [0.25, 0.3) is 0 Å². The number of ether oxygens (including phenoxy) is 2. The zero-order chi connectivity index (χ0) is 12.9. The number of rotatable bonds is 5. The number of hydrogen-bond acceptors (Lipinski definition) is 6. The molecule has 0 aliphatic rings. The molecule has 1 aromatic carbocycles. The number of carbonyl (C=O) groups is 1. The van der Waals surface area contributed by atoms with E-state index in [9.17, 15) is 17.1 Å². The second-order valence-electron chi connectivity index (χ2n) is 2.81. The van der Waals surface area contributed by atoms with Crippen LogP contribution in [0.4, 0.5) is 3.89 Å². The fourth-order valence-electron chi connectivity index (χ4n) is 0.908. The van der Waals surface area contributed by atoms with Crippen LogP contribution < -0.4 is 8.92 Å². The summed E-state index contributed by atoms with van der Waals surface area (Å²) < 4.78 is 45.7. The Balaban J connectivity index is 2.59. The van der Waals surface area contributed by atoms with Crippen LogP contribution in [0.3, 0.4) is 0 Å². The number of hydrogen-bond donors (Lipinski definition) is 0. The highest BCUT2D eigenvalue weighted by molar-refractivity contribution is 7.81. The molecule has 8 heteroatoms. The summed E-state index contributed by atoms with van der Waals surface area (Å²) in [7, 11) is -3.82. The Morgan fingerprint density at radius 3 is 2.24 bits per heavy atom. The van der Waals surface area contributed by atoms with Gasteiger partial charge >= 0.3 is 16.5 Å². The molecule has 0 atom stereocenters. The van der Waals surface area contributed by atoms with Crippen LogP contribution >= 0.6 is 0 Å². The lowest BCUT2D eigenvalue weighted by Crippen LogP contribution is -2.12. The van der Waals surface area contributed by atoms with Gasteiger partial charge in [0.05, 0.1) is 7.11 Å². The molecular weight excluding hydrogens is 255 g/mol. The van der Waals surface area contributed by atoms with Crippen molar-refractivity contribution in [2.75, 3.05) is 13.7 Å². The van der Waals surface area contributed by atoms with Crippen molar-refractivity contribution in [1.29, 1.82) is 0 Å². The lowest BCUT2D eigenvalue weighted by Gasteiger charge is -2.05.